The Hall–Kier alpha value is -1.71. The van der Waals surface area contributed by atoms with E-state index >= 15 is 0 Å². The van der Waals surface area contributed by atoms with Crippen molar-refractivity contribution in [3.63, 3.8) is 0 Å². The van der Waals surface area contributed by atoms with Gasteiger partial charge in [-0.25, -0.2) is 0 Å². The molecule has 0 radical (unpaired) electrons. The maximum atomic E-state index is 11.9. The van der Waals surface area contributed by atoms with Gasteiger partial charge >= 0.3 is 0 Å². The standard InChI is InChI=1S/C16H15Cl2NO2/c1-21-14-4-2-3-11(7-14)10-19-16(20)8-12-5-6-13(17)9-15(12)18/h2-7,9H,8,10H2,1H3,(H,19,20). The highest BCUT2D eigenvalue weighted by Crippen LogP contribution is 2.21. The Bertz CT molecular complexity index is 644. The van der Waals surface area contributed by atoms with Crippen LogP contribution in [0.1, 0.15) is 11.1 Å². The molecule has 2 aromatic carbocycles. The number of hydrogen-bond donors (Lipinski definition) is 1. The first-order valence-electron chi connectivity index (χ1n) is 6.42. The van der Waals surface area contributed by atoms with Gasteiger partial charge in [0.15, 0.2) is 0 Å². The molecular weight excluding hydrogens is 309 g/mol. The molecule has 2 aromatic rings. The van der Waals surface area contributed by atoms with Gasteiger partial charge in [0.1, 0.15) is 5.75 Å². The van der Waals surface area contributed by atoms with Crippen LogP contribution in [0.4, 0.5) is 0 Å². The maximum Gasteiger partial charge on any atom is 0.224 e. The van der Waals surface area contributed by atoms with E-state index in [9.17, 15) is 4.79 Å². The minimum atomic E-state index is -0.0953. The maximum absolute atomic E-state index is 11.9. The van der Waals surface area contributed by atoms with Crippen molar-refractivity contribution in [2.45, 2.75) is 13.0 Å². The molecule has 0 saturated heterocycles. The minimum Gasteiger partial charge on any atom is -0.497 e. The number of hydrogen-bond acceptors (Lipinski definition) is 2. The van der Waals surface area contributed by atoms with Gasteiger partial charge in [-0.15, -0.1) is 0 Å². The predicted octanol–water partition coefficient (Wildman–Crippen LogP) is 3.86. The summed E-state index contributed by atoms with van der Waals surface area (Å²) in [7, 11) is 1.61. The molecule has 3 nitrogen and oxygen atoms in total. The molecule has 0 fully saturated rings. The average Bonchev–Trinajstić information content (AvgIpc) is 2.48. The van der Waals surface area contributed by atoms with Crippen LogP contribution in [0, 0.1) is 0 Å². The van der Waals surface area contributed by atoms with Crippen molar-refractivity contribution in [3.05, 3.63) is 63.6 Å². The summed E-state index contributed by atoms with van der Waals surface area (Å²) in [4.78, 5) is 11.9. The Morgan fingerprint density at radius 3 is 2.71 bits per heavy atom. The highest BCUT2D eigenvalue weighted by atomic mass is 35.5. The summed E-state index contributed by atoms with van der Waals surface area (Å²) in [5, 5.41) is 3.91. The lowest BCUT2D eigenvalue weighted by molar-refractivity contribution is -0.120. The Balaban J connectivity index is 1.92. The van der Waals surface area contributed by atoms with Gasteiger partial charge in [0.25, 0.3) is 0 Å². The second-order valence-corrected chi connectivity index (χ2v) is 5.38. The van der Waals surface area contributed by atoms with Crippen LogP contribution in [0.15, 0.2) is 42.5 Å². The largest absolute Gasteiger partial charge is 0.497 e. The van der Waals surface area contributed by atoms with Crippen LogP contribution in [0.2, 0.25) is 10.0 Å². The first-order chi connectivity index (χ1) is 10.1. The zero-order valence-corrected chi connectivity index (χ0v) is 13.0. The quantitative estimate of drug-likeness (QED) is 0.907. The first-order valence-corrected chi connectivity index (χ1v) is 7.17. The number of ether oxygens (including phenoxy) is 1. The van der Waals surface area contributed by atoms with E-state index in [0.29, 0.717) is 16.6 Å². The lowest BCUT2D eigenvalue weighted by Gasteiger charge is -2.08. The third kappa shape index (κ3) is 4.66. The van der Waals surface area contributed by atoms with E-state index in [0.717, 1.165) is 16.9 Å². The number of nitrogens with one attached hydrogen (secondary N) is 1. The Morgan fingerprint density at radius 1 is 1.19 bits per heavy atom. The van der Waals surface area contributed by atoms with Crippen LogP contribution in [0.3, 0.4) is 0 Å². The van der Waals surface area contributed by atoms with Gasteiger partial charge in [-0.05, 0) is 35.4 Å². The van der Waals surface area contributed by atoms with E-state index in [1.807, 2.05) is 24.3 Å². The fourth-order valence-corrected chi connectivity index (χ4v) is 2.36. The van der Waals surface area contributed by atoms with Crippen molar-refractivity contribution in [1.29, 1.82) is 0 Å². The molecule has 1 amide bonds. The smallest absolute Gasteiger partial charge is 0.224 e. The molecule has 0 heterocycles. The number of benzene rings is 2. The minimum absolute atomic E-state index is 0.0953. The summed E-state index contributed by atoms with van der Waals surface area (Å²) in [5.74, 6) is 0.671. The monoisotopic (exact) mass is 323 g/mol. The number of amides is 1. The highest BCUT2D eigenvalue weighted by molar-refractivity contribution is 6.35. The number of carbonyl (C=O) groups is 1. The van der Waals surface area contributed by atoms with Gasteiger partial charge < -0.3 is 10.1 Å². The predicted molar refractivity (Wildman–Crippen MR) is 85.0 cm³/mol. The van der Waals surface area contributed by atoms with E-state index < -0.39 is 0 Å². The van der Waals surface area contributed by atoms with E-state index in [1.165, 1.54) is 0 Å². The third-order valence-corrected chi connectivity index (χ3v) is 3.58. The second kappa shape index (κ2) is 7.34. The van der Waals surface area contributed by atoms with Crippen molar-refractivity contribution < 1.29 is 9.53 Å². The lowest BCUT2D eigenvalue weighted by atomic mass is 10.1. The summed E-state index contributed by atoms with van der Waals surface area (Å²) < 4.78 is 5.14. The van der Waals surface area contributed by atoms with Gasteiger partial charge in [-0.1, -0.05) is 41.4 Å². The molecule has 110 valence electrons. The first kappa shape index (κ1) is 15.7. The van der Waals surface area contributed by atoms with Crippen LogP contribution < -0.4 is 10.1 Å². The van der Waals surface area contributed by atoms with Crippen LogP contribution in [-0.2, 0) is 17.8 Å². The summed E-state index contributed by atoms with van der Waals surface area (Å²) >= 11 is 11.9. The summed E-state index contributed by atoms with van der Waals surface area (Å²) in [6.07, 6.45) is 0.222. The van der Waals surface area contributed by atoms with Crippen molar-refractivity contribution in [2.24, 2.45) is 0 Å². The zero-order chi connectivity index (χ0) is 15.2. The van der Waals surface area contributed by atoms with Gasteiger partial charge in [-0.3, -0.25) is 4.79 Å². The number of halogens is 2. The fraction of sp³-hybridized carbons (Fsp3) is 0.188. The Kier molecular flexibility index (Phi) is 5.48. The van der Waals surface area contributed by atoms with Crippen LogP contribution in [0.25, 0.3) is 0 Å². The molecule has 0 aliphatic carbocycles. The topological polar surface area (TPSA) is 38.3 Å². The molecule has 5 heteroatoms. The molecule has 0 aliphatic rings. The molecule has 2 rings (SSSR count). The van der Waals surface area contributed by atoms with Crippen molar-refractivity contribution in [3.8, 4) is 5.75 Å². The van der Waals surface area contributed by atoms with Gasteiger partial charge in [0, 0.05) is 16.6 Å². The van der Waals surface area contributed by atoms with Gasteiger partial charge in [0.05, 0.1) is 13.5 Å². The molecular formula is C16H15Cl2NO2. The molecule has 0 aliphatic heterocycles. The fourth-order valence-electron chi connectivity index (χ4n) is 1.88. The summed E-state index contributed by atoms with van der Waals surface area (Å²) in [5.41, 5.74) is 1.73. The number of methoxy groups -OCH3 is 1. The van der Waals surface area contributed by atoms with Crippen molar-refractivity contribution in [1.82, 2.24) is 5.32 Å². The molecule has 0 saturated carbocycles. The van der Waals surface area contributed by atoms with E-state index in [1.54, 1.807) is 25.3 Å². The molecule has 0 bridgehead atoms. The number of rotatable bonds is 5. The van der Waals surface area contributed by atoms with E-state index in [-0.39, 0.29) is 12.3 Å². The zero-order valence-electron chi connectivity index (χ0n) is 11.5. The third-order valence-electron chi connectivity index (χ3n) is 2.99. The SMILES string of the molecule is COc1cccc(CNC(=O)Cc2ccc(Cl)cc2Cl)c1. The molecule has 0 unspecified atom stereocenters. The Morgan fingerprint density at radius 2 is 2.00 bits per heavy atom. The highest BCUT2D eigenvalue weighted by Gasteiger charge is 2.07. The molecule has 0 aromatic heterocycles. The van der Waals surface area contributed by atoms with Crippen molar-refractivity contribution >= 4 is 29.1 Å². The number of carbonyl (C=O) groups excluding carboxylic acids is 1. The van der Waals surface area contributed by atoms with Crippen LogP contribution in [0.5, 0.6) is 5.75 Å². The molecule has 0 atom stereocenters. The van der Waals surface area contributed by atoms with E-state index in [2.05, 4.69) is 5.32 Å². The van der Waals surface area contributed by atoms with Gasteiger partial charge in [-0.2, -0.15) is 0 Å². The van der Waals surface area contributed by atoms with Crippen molar-refractivity contribution in [2.75, 3.05) is 7.11 Å². The Labute approximate surface area is 133 Å². The summed E-state index contributed by atoms with van der Waals surface area (Å²) in [6.45, 7) is 0.446. The van der Waals surface area contributed by atoms with Crippen LogP contribution in [-0.4, -0.2) is 13.0 Å². The lowest BCUT2D eigenvalue weighted by Crippen LogP contribution is -2.24. The summed E-state index contributed by atoms with van der Waals surface area (Å²) in [6, 6.07) is 12.7. The average molecular weight is 324 g/mol. The molecule has 1 N–H and O–H groups in total. The molecule has 21 heavy (non-hydrogen) atoms. The van der Waals surface area contributed by atoms with Crippen LogP contribution >= 0.6 is 23.2 Å². The normalized spacial score (nSPS) is 10.2. The van der Waals surface area contributed by atoms with E-state index in [4.69, 9.17) is 27.9 Å². The molecule has 0 spiro atoms. The van der Waals surface area contributed by atoms with Gasteiger partial charge in [0.2, 0.25) is 5.91 Å². The second-order valence-electron chi connectivity index (χ2n) is 4.54.